The van der Waals surface area contributed by atoms with Crippen LogP contribution in [0.25, 0.3) is 0 Å². The molecule has 0 aliphatic heterocycles. The van der Waals surface area contributed by atoms with Crippen LogP contribution in [0.1, 0.15) is 37.2 Å². The Bertz CT molecular complexity index is 341. The molecule has 3 N–H and O–H groups in total. The molecular formula is C14H21NO3. The van der Waals surface area contributed by atoms with Crippen LogP contribution in [-0.2, 0) is 4.74 Å². The lowest BCUT2D eigenvalue weighted by Gasteiger charge is -2.27. The number of methoxy groups -OCH3 is 1. The van der Waals surface area contributed by atoms with Gasteiger partial charge in [0.15, 0.2) is 0 Å². The van der Waals surface area contributed by atoms with E-state index in [0.29, 0.717) is 6.10 Å². The first-order valence-corrected chi connectivity index (χ1v) is 6.19. The molecule has 0 atom stereocenters. The van der Waals surface area contributed by atoms with Gasteiger partial charge in [-0.15, -0.1) is 0 Å². The summed E-state index contributed by atoms with van der Waals surface area (Å²) in [5.41, 5.74) is 5.53. The fraction of sp³-hybridized carbons (Fsp3) is 0.500. The Balaban J connectivity index is 0.000000357. The van der Waals surface area contributed by atoms with Crippen molar-refractivity contribution in [2.45, 2.75) is 37.7 Å². The number of benzene rings is 1. The summed E-state index contributed by atoms with van der Waals surface area (Å²) in [5.74, 6) is 0.766. The minimum absolute atomic E-state index is 0.509. The van der Waals surface area contributed by atoms with Gasteiger partial charge in [-0.3, -0.25) is 0 Å². The third-order valence-corrected chi connectivity index (χ3v) is 3.28. The molecule has 4 nitrogen and oxygen atoms in total. The molecule has 0 bridgehead atoms. The van der Waals surface area contributed by atoms with E-state index >= 15 is 0 Å². The molecule has 0 aromatic heterocycles. The van der Waals surface area contributed by atoms with Crippen LogP contribution >= 0.6 is 0 Å². The van der Waals surface area contributed by atoms with E-state index in [2.05, 4.69) is 36.1 Å². The first-order valence-electron chi connectivity index (χ1n) is 6.19. The number of ether oxygens (including phenoxy) is 1. The van der Waals surface area contributed by atoms with E-state index < -0.39 is 6.09 Å². The number of nitrogens with two attached hydrogens (primary N) is 1. The van der Waals surface area contributed by atoms with Crippen LogP contribution in [0.15, 0.2) is 30.3 Å². The van der Waals surface area contributed by atoms with Crippen molar-refractivity contribution in [3.8, 4) is 0 Å². The fourth-order valence-electron chi connectivity index (χ4n) is 2.36. The average Bonchev–Trinajstić information content (AvgIpc) is 2.39. The number of hydrogen-bond donors (Lipinski definition) is 2. The highest BCUT2D eigenvalue weighted by Gasteiger charge is 2.21. The van der Waals surface area contributed by atoms with Crippen molar-refractivity contribution in [1.82, 2.24) is 0 Å². The van der Waals surface area contributed by atoms with E-state index in [4.69, 9.17) is 14.6 Å². The molecule has 1 aromatic carbocycles. The molecule has 1 aliphatic rings. The first kappa shape index (κ1) is 14.5. The van der Waals surface area contributed by atoms with E-state index in [1.54, 1.807) is 0 Å². The number of rotatable bonds is 2. The standard InChI is InChI=1S/C13H18O.CH3NO2/c1-14-13-9-7-12(8-10-13)11-5-3-2-4-6-11;2-1(3)4/h2-6,12-13H,7-10H2,1H3;2H2,(H,3,4). The maximum atomic E-state index is 8.78. The molecule has 1 amide bonds. The van der Waals surface area contributed by atoms with E-state index in [0.717, 1.165) is 5.92 Å². The predicted molar refractivity (Wildman–Crippen MR) is 70.7 cm³/mol. The fourth-order valence-corrected chi connectivity index (χ4v) is 2.36. The van der Waals surface area contributed by atoms with Gasteiger partial charge in [0.2, 0.25) is 0 Å². The minimum atomic E-state index is -1.33. The molecule has 18 heavy (non-hydrogen) atoms. The summed E-state index contributed by atoms with van der Waals surface area (Å²) in [7, 11) is 1.83. The summed E-state index contributed by atoms with van der Waals surface area (Å²) >= 11 is 0. The topological polar surface area (TPSA) is 72.5 Å². The number of primary amides is 1. The van der Waals surface area contributed by atoms with Gasteiger partial charge in [0.25, 0.3) is 0 Å². The highest BCUT2D eigenvalue weighted by atomic mass is 16.5. The summed E-state index contributed by atoms with van der Waals surface area (Å²) < 4.78 is 5.38. The summed E-state index contributed by atoms with van der Waals surface area (Å²) in [6, 6.07) is 10.9. The average molecular weight is 251 g/mol. The predicted octanol–water partition coefficient (Wildman–Crippen LogP) is 2.98. The molecule has 0 radical (unpaired) electrons. The number of carboxylic acid groups (broad SMARTS) is 1. The van der Waals surface area contributed by atoms with Gasteiger partial charge in [0, 0.05) is 7.11 Å². The lowest BCUT2D eigenvalue weighted by molar-refractivity contribution is 0.0659. The van der Waals surface area contributed by atoms with Crippen LogP contribution in [0.5, 0.6) is 0 Å². The molecule has 1 aliphatic carbocycles. The van der Waals surface area contributed by atoms with E-state index in [-0.39, 0.29) is 0 Å². The zero-order valence-corrected chi connectivity index (χ0v) is 10.7. The Kier molecular flexibility index (Phi) is 6.22. The van der Waals surface area contributed by atoms with Crippen LogP contribution in [0.4, 0.5) is 4.79 Å². The third-order valence-electron chi connectivity index (χ3n) is 3.28. The van der Waals surface area contributed by atoms with Crippen molar-refractivity contribution in [2.75, 3.05) is 7.11 Å². The van der Waals surface area contributed by atoms with Gasteiger partial charge in [-0.25, -0.2) is 4.79 Å². The zero-order valence-electron chi connectivity index (χ0n) is 10.7. The first-order chi connectivity index (χ1) is 8.63. The Labute approximate surface area is 108 Å². The van der Waals surface area contributed by atoms with Gasteiger partial charge in [-0.2, -0.15) is 0 Å². The Morgan fingerprint density at radius 1 is 1.22 bits per heavy atom. The third kappa shape index (κ3) is 5.19. The summed E-state index contributed by atoms with van der Waals surface area (Å²) in [6.45, 7) is 0. The maximum absolute atomic E-state index is 8.78. The van der Waals surface area contributed by atoms with E-state index in [1.807, 2.05) is 7.11 Å². The Morgan fingerprint density at radius 3 is 2.17 bits per heavy atom. The van der Waals surface area contributed by atoms with Gasteiger partial charge in [0.05, 0.1) is 6.10 Å². The molecule has 1 fully saturated rings. The molecule has 0 heterocycles. The lowest BCUT2D eigenvalue weighted by atomic mass is 9.83. The highest BCUT2D eigenvalue weighted by Crippen LogP contribution is 2.33. The summed E-state index contributed by atoms with van der Waals surface area (Å²) in [6.07, 6.45) is 4.17. The Morgan fingerprint density at radius 2 is 1.72 bits per heavy atom. The number of amides is 1. The summed E-state index contributed by atoms with van der Waals surface area (Å²) in [4.78, 5) is 8.78. The van der Waals surface area contributed by atoms with Crippen molar-refractivity contribution in [1.29, 1.82) is 0 Å². The Hall–Kier alpha value is -1.55. The quantitative estimate of drug-likeness (QED) is 0.848. The number of hydrogen-bond acceptors (Lipinski definition) is 2. The molecular weight excluding hydrogens is 230 g/mol. The molecule has 1 saturated carbocycles. The van der Waals surface area contributed by atoms with Crippen molar-refractivity contribution in [3.63, 3.8) is 0 Å². The van der Waals surface area contributed by atoms with Crippen molar-refractivity contribution >= 4 is 6.09 Å². The van der Waals surface area contributed by atoms with Crippen molar-refractivity contribution in [3.05, 3.63) is 35.9 Å². The largest absolute Gasteiger partial charge is 0.465 e. The van der Waals surface area contributed by atoms with Gasteiger partial charge >= 0.3 is 6.09 Å². The van der Waals surface area contributed by atoms with Crippen molar-refractivity contribution in [2.24, 2.45) is 5.73 Å². The zero-order chi connectivity index (χ0) is 13.4. The van der Waals surface area contributed by atoms with Gasteiger partial charge < -0.3 is 15.6 Å². The smallest absolute Gasteiger partial charge is 0.402 e. The summed E-state index contributed by atoms with van der Waals surface area (Å²) in [5, 5.41) is 7.19. The molecule has 100 valence electrons. The van der Waals surface area contributed by atoms with Crippen LogP contribution in [-0.4, -0.2) is 24.4 Å². The minimum Gasteiger partial charge on any atom is -0.465 e. The maximum Gasteiger partial charge on any atom is 0.402 e. The van der Waals surface area contributed by atoms with Crippen LogP contribution in [0.3, 0.4) is 0 Å². The normalized spacial score (nSPS) is 22.7. The van der Waals surface area contributed by atoms with Crippen LogP contribution in [0, 0.1) is 0 Å². The highest BCUT2D eigenvalue weighted by molar-refractivity contribution is 5.61. The molecule has 0 spiro atoms. The second-order valence-electron chi connectivity index (χ2n) is 4.46. The molecule has 4 heteroatoms. The monoisotopic (exact) mass is 251 g/mol. The second-order valence-corrected chi connectivity index (χ2v) is 4.46. The van der Waals surface area contributed by atoms with Crippen molar-refractivity contribution < 1.29 is 14.6 Å². The second kappa shape index (κ2) is 7.71. The van der Waals surface area contributed by atoms with Gasteiger partial charge in [-0.05, 0) is 37.2 Å². The molecule has 0 saturated heterocycles. The van der Waals surface area contributed by atoms with Crippen LogP contribution < -0.4 is 5.73 Å². The SMILES string of the molecule is COC1CCC(c2ccccc2)CC1.NC(=O)O. The molecule has 2 rings (SSSR count). The van der Waals surface area contributed by atoms with E-state index in [1.165, 1.54) is 31.2 Å². The molecule has 0 unspecified atom stereocenters. The van der Waals surface area contributed by atoms with Gasteiger partial charge in [-0.1, -0.05) is 30.3 Å². The van der Waals surface area contributed by atoms with E-state index in [9.17, 15) is 0 Å². The van der Waals surface area contributed by atoms with Crippen LogP contribution in [0.2, 0.25) is 0 Å². The number of carbonyl (C=O) groups is 1. The molecule has 1 aromatic rings. The van der Waals surface area contributed by atoms with Gasteiger partial charge in [0.1, 0.15) is 0 Å². The lowest BCUT2D eigenvalue weighted by Crippen LogP contribution is -2.19.